The van der Waals surface area contributed by atoms with Gasteiger partial charge >= 0.3 is 6.18 Å². The molecule has 12 heteroatoms. The van der Waals surface area contributed by atoms with Gasteiger partial charge in [0.15, 0.2) is 0 Å². The Labute approximate surface area is 235 Å². The molecule has 4 rings (SSSR count). The van der Waals surface area contributed by atoms with Gasteiger partial charge in [-0.25, -0.2) is 4.39 Å². The Kier molecular flexibility index (Phi) is 8.56. The fourth-order valence-electron chi connectivity index (χ4n) is 5.42. The summed E-state index contributed by atoms with van der Waals surface area (Å²) >= 11 is 6.35. The fourth-order valence-corrected chi connectivity index (χ4v) is 5.68. The molecular formula is C28H32ClF4N3O4. The highest BCUT2D eigenvalue weighted by atomic mass is 35.5. The number of ether oxygens (including phenoxy) is 1. The van der Waals surface area contributed by atoms with E-state index < -0.39 is 29.1 Å². The molecule has 0 aliphatic carbocycles. The van der Waals surface area contributed by atoms with Crippen LogP contribution in [0.5, 0.6) is 5.75 Å². The molecular weight excluding hydrogens is 554 g/mol. The van der Waals surface area contributed by atoms with Crippen molar-refractivity contribution in [1.29, 1.82) is 0 Å². The number of anilines is 1. The Morgan fingerprint density at radius 3 is 2.27 bits per heavy atom. The van der Waals surface area contributed by atoms with Crippen LogP contribution in [-0.2, 0) is 10.4 Å². The average molecular weight is 586 g/mol. The van der Waals surface area contributed by atoms with Crippen LogP contribution in [0.1, 0.15) is 35.2 Å². The number of halogens is 5. The van der Waals surface area contributed by atoms with E-state index in [0.717, 1.165) is 62.2 Å². The zero-order valence-electron chi connectivity index (χ0n) is 22.5. The molecule has 7 nitrogen and oxygen atoms in total. The third-order valence-electron chi connectivity index (χ3n) is 7.72. The van der Waals surface area contributed by atoms with Crippen LogP contribution in [0.15, 0.2) is 36.4 Å². The van der Waals surface area contributed by atoms with E-state index in [1.54, 1.807) is 26.2 Å². The number of rotatable bonds is 7. The number of carbonyl (C=O) groups excluding carboxylic acids is 2. The molecule has 2 aliphatic rings. The topological polar surface area (TPSA) is 73.3 Å². The molecule has 1 atom stereocenters. The number of hydrogen-bond donors (Lipinski definition) is 1. The van der Waals surface area contributed by atoms with Crippen molar-refractivity contribution in [2.24, 2.45) is 11.8 Å². The van der Waals surface area contributed by atoms with Gasteiger partial charge in [-0.3, -0.25) is 9.59 Å². The highest BCUT2D eigenvalue weighted by Gasteiger charge is 2.63. The largest absolute Gasteiger partial charge is 0.497 e. The number of likely N-dealkylation sites (tertiary alicyclic amines) is 1. The van der Waals surface area contributed by atoms with Crippen LogP contribution in [0, 0.1) is 17.7 Å². The lowest BCUT2D eigenvalue weighted by atomic mass is 9.82. The van der Waals surface area contributed by atoms with Crippen molar-refractivity contribution in [3.8, 4) is 5.75 Å². The van der Waals surface area contributed by atoms with Crippen LogP contribution >= 0.6 is 11.6 Å². The maximum Gasteiger partial charge on any atom is 0.430 e. The van der Waals surface area contributed by atoms with E-state index in [-0.39, 0.29) is 30.7 Å². The van der Waals surface area contributed by atoms with Crippen LogP contribution in [-0.4, -0.2) is 80.3 Å². The van der Waals surface area contributed by atoms with E-state index >= 15 is 0 Å². The van der Waals surface area contributed by atoms with Crippen molar-refractivity contribution in [2.75, 3.05) is 52.3 Å². The van der Waals surface area contributed by atoms with E-state index in [1.807, 2.05) is 6.07 Å². The van der Waals surface area contributed by atoms with Gasteiger partial charge in [-0.2, -0.15) is 13.2 Å². The minimum Gasteiger partial charge on any atom is -0.497 e. The number of carbonyl (C=O) groups is 2. The minimum atomic E-state index is -5.36. The van der Waals surface area contributed by atoms with Crippen LogP contribution < -0.4 is 9.64 Å². The van der Waals surface area contributed by atoms with Crippen molar-refractivity contribution in [3.63, 3.8) is 0 Å². The number of alkyl halides is 3. The highest BCUT2D eigenvalue weighted by Crippen LogP contribution is 2.43. The van der Waals surface area contributed by atoms with E-state index in [1.165, 1.54) is 4.90 Å². The van der Waals surface area contributed by atoms with Crippen molar-refractivity contribution < 1.29 is 37.0 Å². The molecule has 0 saturated carbocycles. The molecule has 2 saturated heterocycles. The monoisotopic (exact) mass is 585 g/mol. The van der Waals surface area contributed by atoms with Gasteiger partial charge in [0.2, 0.25) is 0 Å². The Balaban J connectivity index is 1.33. The molecule has 0 radical (unpaired) electrons. The Hall–Kier alpha value is -3.05. The number of aliphatic hydroxyl groups is 1. The predicted octanol–water partition coefficient (Wildman–Crippen LogP) is 4.70. The van der Waals surface area contributed by atoms with Crippen LogP contribution in [0.4, 0.5) is 23.2 Å². The molecule has 2 aromatic rings. The van der Waals surface area contributed by atoms with Crippen molar-refractivity contribution in [1.82, 2.24) is 9.80 Å². The predicted molar refractivity (Wildman–Crippen MR) is 142 cm³/mol. The van der Waals surface area contributed by atoms with Gasteiger partial charge in [-0.1, -0.05) is 11.6 Å². The summed E-state index contributed by atoms with van der Waals surface area (Å²) in [5.74, 6) is -2.65. The zero-order chi connectivity index (χ0) is 29.4. The minimum absolute atomic E-state index is 0.00537. The molecule has 2 aliphatic heterocycles. The van der Waals surface area contributed by atoms with Gasteiger partial charge < -0.3 is 24.5 Å². The molecule has 218 valence electrons. The smallest absolute Gasteiger partial charge is 0.430 e. The SMILES string of the molecule is COc1cc(F)cc(C(O)(C(=O)N2CC(CC3CCN(c4ccc(C(=O)N(C)C)c(Cl)c4)CC3)C2)C(F)(F)F)c1. The lowest BCUT2D eigenvalue weighted by Crippen LogP contribution is -2.61. The summed E-state index contributed by atoms with van der Waals surface area (Å²) in [6, 6.07) is 7.55. The van der Waals surface area contributed by atoms with Crippen LogP contribution in [0.3, 0.4) is 0 Å². The average Bonchev–Trinajstić information content (AvgIpc) is 2.88. The summed E-state index contributed by atoms with van der Waals surface area (Å²) in [7, 11) is 4.47. The Morgan fingerprint density at radius 2 is 1.73 bits per heavy atom. The first-order chi connectivity index (χ1) is 18.7. The molecule has 2 aromatic carbocycles. The van der Waals surface area contributed by atoms with Gasteiger partial charge in [-0.05, 0) is 61.4 Å². The van der Waals surface area contributed by atoms with Crippen LogP contribution in [0.2, 0.25) is 5.02 Å². The molecule has 2 heterocycles. The normalized spacial score (nSPS) is 18.2. The Morgan fingerprint density at radius 1 is 1.07 bits per heavy atom. The van der Waals surface area contributed by atoms with Crippen molar-refractivity contribution in [3.05, 3.63) is 58.4 Å². The number of benzene rings is 2. The summed E-state index contributed by atoms with van der Waals surface area (Å²) in [6.07, 6.45) is -2.90. The number of amides is 2. The summed E-state index contributed by atoms with van der Waals surface area (Å²) in [6.45, 7) is 1.68. The molecule has 2 fully saturated rings. The third kappa shape index (κ3) is 5.85. The van der Waals surface area contributed by atoms with Gasteiger partial charge in [0.25, 0.3) is 17.4 Å². The number of piperidine rings is 1. The second kappa shape index (κ2) is 11.4. The van der Waals surface area contributed by atoms with Crippen molar-refractivity contribution >= 4 is 29.1 Å². The van der Waals surface area contributed by atoms with Gasteiger partial charge in [-0.15, -0.1) is 0 Å². The molecule has 40 heavy (non-hydrogen) atoms. The molecule has 0 aromatic heterocycles. The highest BCUT2D eigenvalue weighted by molar-refractivity contribution is 6.34. The second-order valence-electron chi connectivity index (χ2n) is 10.7. The fraction of sp³-hybridized carbons (Fsp3) is 0.500. The molecule has 1 N–H and O–H groups in total. The second-order valence-corrected chi connectivity index (χ2v) is 11.1. The van der Waals surface area contributed by atoms with Gasteiger partial charge in [0.1, 0.15) is 11.6 Å². The van der Waals surface area contributed by atoms with Gasteiger partial charge in [0.05, 0.1) is 17.7 Å². The van der Waals surface area contributed by atoms with E-state index in [4.69, 9.17) is 16.3 Å². The number of hydrogen-bond acceptors (Lipinski definition) is 5. The summed E-state index contributed by atoms with van der Waals surface area (Å²) in [5.41, 5.74) is -3.45. The molecule has 0 bridgehead atoms. The molecule has 1 unspecified atom stereocenters. The van der Waals surface area contributed by atoms with E-state index in [9.17, 15) is 32.3 Å². The summed E-state index contributed by atoms with van der Waals surface area (Å²) in [5, 5.41) is 11.0. The molecule has 0 spiro atoms. The first-order valence-corrected chi connectivity index (χ1v) is 13.3. The van der Waals surface area contributed by atoms with Crippen molar-refractivity contribution in [2.45, 2.75) is 31.0 Å². The first-order valence-electron chi connectivity index (χ1n) is 12.9. The van der Waals surface area contributed by atoms with E-state index in [2.05, 4.69) is 4.90 Å². The maximum atomic E-state index is 14.0. The lowest BCUT2D eigenvalue weighted by molar-refractivity contribution is -0.264. The lowest BCUT2D eigenvalue weighted by Gasteiger charge is -2.45. The zero-order valence-corrected chi connectivity index (χ0v) is 23.2. The Bertz CT molecular complexity index is 1260. The summed E-state index contributed by atoms with van der Waals surface area (Å²) < 4.78 is 60.8. The maximum absolute atomic E-state index is 14.0. The van der Waals surface area contributed by atoms with Gasteiger partial charge in [0, 0.05) is 57.6 Å². The standard InChI is InChI=1S/C28H32ClF4N3O4/c1-34(2)25(37)23-5-4-21(14-24(23)29)35-8-6-17(7-9-35)10-18-15-36(16-18)26(38)27(39,28(31,32)33)19-11-20(30)13-22(12-19)40-3/h4-5,11-14,17-18,39H,6-10,15-16H2,1-3H3. The van der Waals surface area contributed by atoms with E-state index in [0.29, 0.717) is 22.6 Å². The third-order valence-corrected chi connectivity index (χ3v) is 8.04. The quantitative estimate of drug-likeness (QED) is 0.477. The molecule has 2 amide bonds. The van der Waals surface area contributed by atoms with Crippen LogP contribution in [0.25, 0.3) is 0 Å². The number of methoxy groups -OCH3 is 1. The number of nitrogens with zero attached hydrogens (tertiary/aromatic N) is 3. The first kappa shape index (κ1) is 29.9. The summed E-state index contributed by atoms with van der Waals surface area (Å²) in [4.78, 5) is 29.8.